The quantitative estimate of drug-likeness (QED) is 0.200. The summed E-state index contributed by atoms with van der Waals surface area (Å²) in [5, 5.41) is 44.3. The van der Waals surface area contributed by atoms with E-state index < -0.39 is 96.9 Å². The lowest BCUT2D eigenvalue weighted by Gasteiger charge is -2.51. The maximum absolute atomic E-state index is 14.3. The van der Waals surface area contributed by atoms with Crippen LogP contribution >= 0.6 is 0 Å². The van der Waals surface area contributed by atoms with Gasteiger partial charge in [-0.05, 0) is 69.1 Å². The Labute approximate surface area is 361 Å². The molecule has 4 N–H and O–H groups in total. The largest absolute Gasteiger partial charge is 0.462 e. The zero-order valence-corrected chi connectivity index (χ0v) is 37.5. The molecule has 14 nitrogen and oxygen atoms in total. The van der Waals surface area contributed by atoms with E-state index in [1.165, 1.54) is 0 Å². The first kappa shape index (κ1) is 46.9. The van der Waals surface area contributed by atoms with E-state index in [0.29, 0.717) is 55.1 Å². The maximum atomic E-state index is 14.3. The monoisotopic (exact) mass is 860 g/mol. The van der Waals surface area contributed by atoms with Gasteiger partial charge in [-0.3, -0.25) is 4.79 Å². The lowest BCUT2D eigenvalue weighted by atomic mass is 9.71. The molecule has 7 rings (SSSR count). The van der Waals surface area contributed by atoms with Gasteiger partial charge in [0.15, 0.2) is 18.4 Å². The van der Waals surface area contributed by atoms with Crippen molar-refractivity contribution in [3.8, 4) is 0 Å². The first-order valence-corrected chi connectivity index (χ1v) is 22.8. The highest BCUT2D eigenvalue weighted by Crippen LogP contribution is 2.48. The highest BCUT2D eigenvalue weighted by molar-refractivity contribution is 5.78. The van der Waals surface area contributed by atoms with Crippen LogP contribution in [0, 0.1) is 23.7 Å². The number of ether oxygens (including phenoxy) is 9. The summed E-state index contributed by atoms with van der Waals surface area (Å²) in [5.74, 6) is -2.14. The maximum Gasteiger partial charge on any atom is 0.316 e. The molecule has 0 unspecified atom stereocenters. The van der Waals surface area contributed by atoms with Gasteiger partial charge in [-0.2, -0.15) is 0 Å². The minimum absolute atomic E-state index is 0.0123. The highest BCUT2D eigenvalue weighted by Gasteiger charge is 2.60. The molecule has 0 aromatic carbocycles. The van der Waals surface area contributed by atoms with Gasteiger partial charge in [-0.15, -0.1) is 0 Å². The molecule has 1 spiro atoms. The van der Waals surface area contributed by atoms with Crippen molar-refractivity contribution in [2.75, 3.05) is 13.7 Å². The Bertz CT molecular complexity index is 1650. The summed E-state index contributed by atoms with van der Waals surface area (Å²) in [5.41, 5.74) is 0.152. The van der Waals surface area contributed by atoms with Crippen LogP contribution in [0.4, 0.5) is 0 Å². The van der Waals surface area contributed by atoms with Gasteiger partial charge in [-0.25, -0.2) is 0 Å². The minimum atomic E-state index is -1.83. The molecule has 7 aliphatic rings. The van der Waals surface area contributed by atoms with Crippen molar-refractivity contribution in [3.63, 3.8) is 0 Å². The van der Waals surface area contributed by atoms with Gasteiger partial charge in [-0.1, -0.05) is 64.5 Å². The molecule has 1 aliphatic carbocycles. The van der Waals surface area contributed by atoms with Crippen molar-refractivity contribution >= 4 is 5.97 Å². The van der Waals surface area contributed by atoms with Crippen LogP contribution in [0.25, 0.3) is 0 Å². The first-order valence-electron chi connectivity index (χ1n) is 22.8. The Morgan fingerprint density at radius 3 is 2.41 bits per heavy atom. The number of fused-ring (bicyclic) bond motifs is 2. The van der Waals surface area contributed by atoms with Crippen LogP contribution in [0.5, 0.6) is 0 Å². The minimum Gasteiger partial charge on any atom is -0.462 e. The number of methoxy groups -OCH3 is 1. The van der Waals surface area contributed by atoms with Crippen molar-refractivity contribution in [3.05, 3.63) is 47.1 Å². The summed E-state index contributed by atoms with van der Waals surface area (Å²) in [4.78, 5) is 14.3. The summed E-state index contributed by atoms with van der Waals surface area (Å²) < 4.78 is 57.9. The summed E-state index contributed by atoms with van der Waals surface area (Å²) >= 11 is 0. The van der Waals surface area contributed by atoms with Crippen LogP contribution in [0.3, 0.4) is 0 Å². The Hall–Kier alpha value is -2.05. The van der Waals surface area contributed by atoms with E-state index in [1.807, 2.05) is 26.0 Å². The van der Waals surface area contributed by atoms with Crippen LogP contribution in [0.1, 0.15) is 107 Å². The van der Waals surface area contributed by atoms with Gasteiger partial charge in [0.05, 0.1) is 49.3 Å². The van der Waals surface area contributed by atoms with E-state index in [2.05, 4.69) is 33.8 Å². The van der Waals surface area contributed by atoms with Gasteiger partial charge in [0, 0.05) is 45.1 Å². The molecule has 20 atom stereocenters. The van der Waals surface area contributed by atoms with Crippen molar-refractivity contribution in [1.29, 1.82) is 0 Å². The molecule has 0 aromatic rings. The van der Waals surface area contributed by atoms with E-state index in [4.69, 9.17) is 42.6 Å². The van der Waals surface area contributed by atoms with Crippen LogP contribution in [-0.4, -0.2) is 137 Å². The van der Waals surface area contributed by atoms with Crippen LogP contribution in [-0.2, 0) is 47.4 Å². The third-order valence-corrected chi connectivity index (χ3v) is 14.7. The number of rotatable bonds is 7. The number of aliphatic hydroxyl groups excluding tert-OH is 3. The molecule has 5 fully saturated rings. The second-order valence-electron chi connectivity index (χ2n) is 19.1. The van der Waals surface area contributed by atoms with E-state index in [1.54, 1.807) is 33.1 Å². The molecule has 344 valence electrons. The Kier molecular flexibility index (Phi) is 14.8. The molecule has 0 amide bonds. The number of hydrogen-bond acceptors (Lipinski definition) is 14. The Morgan fingerprint density at radius 1 is 0.951 bits per heavy atom. The smallest absolute Gasteiger partial charge is 0.316 e. The van der Waals surface area contributed by atoms with Gasteiger partial charge in [0.25, 0.3) is 0 Å². The molecule has 2 bridgehead atoms. The third kappa shape index (κ3) is 9.67. The standard InChI is InChI=1S/C47H72O14/c1-10-24(2)42-27(5)16-17-46(61-42)22-33-19-32(60-46)15-14-26(4)41(58-38-21-36(53-9)43(30(8)56-38)59-37-20-35(48)40(50)29(7)55-37)25(3)12-11-13-31-23-54-44-39(49)28(6)18-34(45(51)57-33)47(31,44)52/h11-14,18,24-25,27,29-30,32-44,48-50,52H,10,15-17,19-23H2,1-9H3/b12-11-,26-14-,31-13?/t24-,25-,27-,29-,30-,32+,33-,34-,35-,36-,37-,38-,39+,40-,41-,42+,43-,44+,46+,47+/m0/s1. The van der Waals surface area contributed by atoms with Crippen molar-refractivity contribution in [2.24, 2.45) is 23.7 Å². The van der Waals surface area contributed by atoms with Crippen LogP contribution in [0.2, 0.25) is 0 Å². The molecular formula is C47H72O14. The number of hydrogen-bond donors (Lipinski definition) is 4. The van der Waals surface area contributed by atoms with E-state index >= 15 is 0 Å². The normalized spacial score (nSPS) is 49.2. The van der Waals surface area contributed by atoms with E-state index in [-0.39, 0.29) is 31.2 Å². The summed E-state index contributed by atoms with van der Waals surface area (Å²) in [6, 6.07) is 0. The average molecular weight is 861 g/mol. The molecule has 6 aliphatic heterocycles. The fraction of sp³-hybridized carbons (Fsp3) is 0.809. The molecule has 0 saturated carbocycles. The molecule has 61 heavy (non-hydrogen) atoms. The fourth-order valence-electron chi connectivity index (χ4n) is 10.7. The van der Waals surface area contributed by atoms with Crippen molar-refractivity contribution < 1.29 is 67.9 Å². The summed E-state index contributed by atoms with van der Waals surface area (Å²) in [7, 11) is 1.62. The molecule has 6 heterocycles. The molecule has 5 saturated heterocycles. The van der Waals surface area contributed by atoms with Crippen LogP contribution < -0.4 is 0 Å². The van der Waals surface area contributed by atoms with Crippen LogP contribution in [0.15, 0.2) is 47.1 Å². The van der Waals surface area contributed by atoms with Crippen molar-refractivity contribution in [1.82, 2.24) is 0 Å². The second-order valence-corrected chi connectivity index (χ2v) is 19.1. The van der Waals surface area contributed by atoms with Gasteiger partial charge >= 0.3 is 5.97 Å². The van der Waals surface area contributed by atoms with Gasteiger partial charge in [0.2, 0.25) is 0 Å². The predicted octanol–water partition coefficient (Wildman–Crippen LogP) is 4.95. The Balaban J connectivity index is 1.18. The lowest BCUT2D eigenvalue weighted by Crippen LogP contribution is -2.58. The fourth-order valence-corrected chi connectivity index (χ4v) is 10.7. The number of carbonyl (C=O) groups is 1. The highest BCUT2D eigenvalue weighted by atomic mass is 16.7. The average Bonchev–Trinajstić information content (AvgIpc) is 3.56. The molecule has 0 aromatic heterocycles. The Morgan fingerprint density at radius 2 is 1.69 bits per heavy atom. The second kappa shape index (κ2) is 19.2. The van der Waals surface area contributed by atoms with E-state index in [9.17, 15) is 25.2 Å². The predicted molar refractivity (Wildman–Crippen MR) is 223 cm³/mol. The molecule has 0 radical (unpaired) electrons. The summed E-state index contributed by atoms with van der Waals surface area (Å²) in [6.07, 6.45) is 4.90. The van der Waals surface area contributed by atoms with E-state index in [0.717, 1.165) is 18.4 Å². The summed E-state index contributed by atoms with van der Waals surface area (Å²) in [6.45, 7) is 16.1. The number of allylic oxidation sites excluding steroid dienone is 2. The number of carbonyl (C=O) groups excluding carboxylic acids is 1. The number of esters is 1. The van der Waals surface area contributed by atoms with Gasteiger partial charge < -0.3 is 63.1 Å². The topological polar surface area (TPSA) is 181 Å². The zero-order valence-electron chi connectivity index (χ0n) is 37.5. The molecule has 14 heteroatoms. The first-order chi connectivity index (χ1) is 29.0. The molecular weight excluding hydrogens is 789 g/mol. The SMILES string of the molecule is CC[C@H](C)[C@H]1O[C@]2(CC[C@@H]1C)C[C@@H]1C[C@@H](C/C=C(/C)[C@@H](O[C@H]3C[C@H](OC)[C@@H](O[C@H]4C[C@H](O)[C@@H](O)[C@H](C)O4)[C@H](C)O3)[C@@H](C)/C=C\C=C3CO[C@@H]4[C@H](O)C(C)=C[C@@H](C(=O)O1)[C@]34O)O2. The zero-order chi connectivity index (χ0) is 44.0. The van der Waals surface area contributed by atoms with Crippen molar-refractivity contribution in [2.45, 2.75) is 204 Å². The lowest BCUT2D eigenvalue weighted by molar-refractivity contribution is -0.340. The third-order valence-electron chi connectivity index (χ3n) is 14.7. The van der Waals surface area contributed by atoms with Gasteiger partial charge in [0.1, 0.15) is 42.0 Å². The number of aliphatic hydroxyl groups is 4.